The topological polar surface area (TPSA) is 98.5 Å². The van der Waals surface area contributed by atoms with Crippen LogP contribution in [0.2, 0.25) is 0 Å². The average molecular weight is 286 g/mol. The Morgan fingerprint density at radius 1 is 1.42 bits per heavy atom. The Hall–Kier alpha value is -1.44. The van der Waals surface area contributed by atoms with E-state index in [4.69, 9.17) is 9.88 Å². The molecule has 3 N–H and O–H groups in total. The second-order valence-corrected chi connectivity index (χ2v) is 5.68. The fourth-order valence-corrected chi connectivity index (χ4v) is 2.05. The number of aryl methyl sites for hydroxylation is 1. The van der Waals surface area contributed by atoms with E-state index in [1.165, 1.54) is 18.2 Å². The molecule has 0 aliphatic heterocycles. The van der Waals surface area contributed by atoms with Crippen molar-refractivity contribution >= 4 is 21.6 Å². The molecule has 0 saturated heterocycles. The molecule has 6 nitrogen and oxygen atoms in total. The lowest BCUT2D eigenvalue weighted by atomic mass is 10.2. The molecule has 0 spiro atoms. The van der Waals surface area contributed by atoms with Crippen LogP contribution in [0.15, 0.2) is 23.1 Å². The lowest BCUT2D eigenvalue weighted by Crippen LogP contribution is -2.19. The van der Waals surface area contributed by atoms with Crippen LogP contribution in [0.5, 0.6) is 0 Å². The number of ether oxygens (including phenoxy) is 1. The number of benzene rings is 1. The second kappa shape index (κ2) is 6.65. The minimum atomic E-state index is -3.73. The molecular weight excluding hydrogens is 268 g/mol. The lowest BCUT2D eigenvalue weighted by molar-refractivity contribution is -0.120. The fourth-order valence-electron chi connectivity index (χ4n) is 1.45. The van der Waals surface area contributed by atoms with Crippen LogP contribution < -0.4 is 10.5 Å². The third kappa shape index (κ3) is 4.98. The van der Waals surface area contributed by atoms with Crippen LogP contribution in [-0.2, 0) is 19.6 Å². The Morgan fingerprint density at radius 3 is 2.63 bits per heavy atom. The van der Waals surface area contributed by atoms with E-state index in [0.29, 0.717) is 17.9 Å². The first-order valence-electron chi connectivity index (χ1n) is 5.85. The number of nitrogens with one attached hydrogen (secondary N) is 1. The molecular formula is C12H18N2O4S. The quantitative estimate of drug-likeness (QED) is 0.762. The monoisotopic (exact) mass is 286 g/mol. The third-order valence-electron chi connectivity index (χ3n) is 2.38. The molecule has 1 aromatic rings. The third-order valence-corrected chi connectivity index (χ3v) is 3.29. The maximum Gasteiger partial charge on any atom is 0.250 e. The highest BCUT2D eigenvalue weighted by Gasteiger charge is 2.11. The van der Waals surface area contributed by atoms with Gasteiger partial charge in [-0.15, -0.1) is 0 Å². The van der Waals surface area contributed by atoms with E-state index in [9.17, 15) is 13.2 Å². The van der Waals surface area contributed by atoms with Gasteiger partial charge in [0, 0.05) is 12.3 Å². The molecule has 0 fully saturated rings. The van der Waals surface area contributed by atoms with Crippen molar-refractivity contribution in [2.75, 3.05) is 18.5 Å². The summed E-state index contributed by atoms with van der Waals surface area (Å²) in [5, 5.41) is 7.67. The van der Waals surface area contributed by atoms with Crippen molar-refractivity contribution < 1.29 is 17.9 Å². The summed E-state index contributed by atoms with van der Waals surface area (Å²) in [7, 11) is -3.73. The van der Waals surface area contributed by atoms with Gasteiger partial charge >= 0.3 is 0 Å². The van der Waals surface area contributed by atoms with Gasteiger partial charge in [-0.05, 0) is 37.1 Å². The van der Waals surface area contributed by atoms with Crippen LogP contribution in [0.1, 0.15) is 18.9 Å². The minimum Gasteiger partial charge on any atom is -0.372 e. The molecule has 1 amide bonds. The zero-order valence-electron chi connectivity index (χ0n) is 11.0. The number of sulfonamides is 1. The summed E-state index contributed by atoms with van der Waals surface area (Å²) in [4.78, 5) is 11.6. The van der Waals surface area contributed by atoms with Gasteiger partial charge in [-0.25, -0.2) is 13.6 Å². The Morgan fingerprint density at radius 2 is 2.11 bits per heavy atom. The van der Waals surface area contributed by atoms with Crippen LogP contribution >= 0.6 is 0 Å². The summed E-state index contributed by atoms with van der Waals surface area (Å²) in [6, 6.07) is 4.27. The van der Waals surface area contributed by atoms with Gasteiger partial charge in [0.2, 0.25) is 15.9 Å². The maximum absolute atomic E-state index is 11.5. The van der Waals surface area contributed by atoms with Gasteiger partial charge in [-0.2, -0.15) is 0 Å². The first kappa shape index (κ1) is 15.6. The van der Waals surface area contributed by atoms with Crippen molar-refractivity contribution in [3.8, 4) is 0 Å². The molecule has 0 aromatic heterocycles. The lowest BCUT2D eigenvalue weighted by Gasteiger charge is -2.09. The number of carbonyl (C=O) groups is 1. The number of hydrogen-bond donors (Lipinski definition) is 2. The summed E-state index contributed by atoms with van der Waals surface area (Å²) < 4.78 is 27.4. The molecule has 0 heterocycles. The Balaban J connectivity index is 2.73. The van der Waals surface area contributed by atoms with Crippen molar-refractivity contribution in [1.82, 2.24) is 0 Å². The molecule has 0 aliphatic rings. The summed E-state index contributed by atoms with van der Waals surface area (Å²) in [5.74, 6) is -0.278. The standard InChI is InChI=1S/C12H18N2O4S/c1-3-6-18-8-12(15)14-11-5-4-10(7-9(11)2)19(13,16)17/h4-5,7H,3,6,8H2,1-2H3,(H,14,15)(H2,13,16,17). The SMILES string of the molecule is CCCOCC(=O)Nc1ccc(S(N)(=O)=O)cc1C. The zero-order valence-corrected chi connectivity index (χ0v) is 11.8. The molecule has 1 aromatic carbocycles. The normalized spacial score (nSPS) is 11.3. The van der Waals surface area contributed by atoms with Gasteiger partial charge in [-0.1, -0.05) is 6.92 Å². The average Bonchev–Trinajstić information content (AvgIpc) is 2.31. The van der Waals surface area contributed by atoms with Crippen molar-refractivity contribution in [2.24, 2.45) is 5.14 Å². The van der Waals surface area contributed by atoms with E-state index in [2.05, 4.69) is 5.32 Å². The highest BCUT2D eigenvalue weighted by Crippen LogP contribution is 2.18. The smallest absolute Gasteiger partial charge is 0.250 e. The number of hydrogen-bond acceptors (Lipinski definition) is 4. The van der Waals surface area contributed by atoms with Gasteiger partial charge in [0.1, 0.15) is 6.61 Å². The molecule has 0 aliphatic carbocycles. The predicted octanol–water partition coefficient (Wildman–Crippen LogP) is 1.01. The van der Waals surface area contributed by atoms with Gasteiger partial charge in [-0.3, -0.25) is 4.79 Å². The first-order valence-corrected chi connectivity index (χ1v) is 7.40. The molecule has 0 saturated carbocycles. The first-order chi connectivity index (χ1) is 8.84. The van der Waals surface area contributed by atoms with Crippen molar-refractivity contribution in [2.45, 2.75) is 25.2 Å². The number of rotatable bonds is 6. The summed E-state index contributed by atoms with van der Waals surface area (Å²) in [6.07, 6.45) is 0.843. The van der Waals surface area contributed by atoms with Crippen LogP contribution in [0.25, 0.3) is 0 Å². The highest BCUT2D eigenvalue weighted by molar-refractivity contribution is 7.89. The largest absolute Gasteiger partial charge is 0.372 e. The molecule has 0 radical (unpaired) electrons. The summed E-state index contributed by atoms with van der Waals surface area (Å²) in [6.45, 7) is 4.15. The Labute approximate surface area is 113 Å². The van der Waals surface area contributed by atoms with Crippen molar-refractivity contribution in [3.05, 3.63) is 23.8 Å². The van der Waals surface area contributed by atoms with E-state index >= 15 is 0 Å². The molecule has 0 bridgehead atoms. The predicted molar refractivity (Wildman–Crippen MR) is 72.3 cm³/mol. The van der Waals surface area contributed by atoms with Gasteiger partial charge in [0.25, 0.3) is 0 Å². The number of primary sulfonamides is 1. The molecule has 0 atom stereocenters. The Kier molecular flexibility index (Phi) is 5.46. The maximum atomic E-state index is 11.5. The van der Waals surface area contributed by atoms with Gasteiger partial charge in [0.05, 0.1) is 4.90 Å². The number of carbonyl (C=O) groups excluding carboxylic acids is 1. The molecule has 7 heteroatoms. The highest BCUT2D eigenvalue weighted by atomic mass is 32.2. The molecule has 0 unspecified atom stereocenters. The minimum absolute atomic E-state index is 0.0187. The van der Waals surface area contributed by atoms with Crippen LogP contribution in [0, 0.1) is 6.92 Å². The van der Waals surface area contributed by atoms with E-state index in [1.54, 1.807) is 6.92 Å². The second-order valence-electron chi connectivity index (χ2n) is 4.12. The number of anilines is 1. The van der Waals surface area contributed by atoms with E-state index < -0.39 is 10.0 Å². The fraction of sp³-hybridized carbons (Fsp3) is 0.417. The number of amides is 1. The van der Waals surface area contributed by atoms with Crippen LogP contribution in [0.3, 0.4) is 0 Å². The van der Waals surface area contributed by atoms with Crippen LogP contribution in [-0.4, -0.2) is 27.5 Å². The zero-order chi connectivity index (χ0) is 14.5. The van der Waals surface area contributed by atoms with Crippen LogP contribution in [0.4, 0.5) is 5.69 Å². The molecule has 106 valence electrons. The summed E-state index contributed by atoms with van der Waals surface area (Å²) >= 11 is 0. The van der Waals surface area contributed by atoms with Crippen molar-refractivity contribution in [1.29, 1.82) is 0 Å². The van der Waals surface area contributed by atoms with E-state index in [-0.39, 0.29) is 17.4 Å². The van der Waals surface area contributed by atoms with Gasteiger partial charge in [0.15, 0.2) is 0 Å². The number of nitrogens with two attached hydrogens (primary N) is 1. The van der Waals surface area contributed by atoms with E-state index in [1.807, 2.05) is 6.92 Å². The van der Waals surface area contributed by atoms with Gasteiger partial charge < -0.3 is 10.1 Å². The Bertz CT molecular complexity index is 555. The summed E-state index contributed by atoms with van der Waals surface area (Å²) in [5.41, 5.74) is 1.16. The molecule has 19 heavy (non-hydrogen) atoms. The van der Waals surface area contributed by atoms with Crippen molar-refractivity contribution in [3.63, 3.8) is 0 Å². The molecule has 1 rings (SSSR count). The van der Waals surface area contributed by atoms with E-state index in [0.717, 1.165) is 6.42 Å².